The number of carbonyl (C=O) groups excluding carboxylic acids is 1. The number of rotatable bonds is 5. The van der Waals surface area contributed by atoms with E-state index in [2.05, 4.69) is 12.2 Å². The van der Waals surface area contributed by atoms with Gasteiger partial charge in [-0.25, -0.2) is 4.98 Å². The average molecular weight is 479 g/mol. The van der Waals surface area contributed by atoms with Crippen LogP contribution in [0.15, 0.2) is 23.0 Å². The average Bonchev–Trinajstić information content (AvgIpc) is 3.00. The molecule has 1 amide bonds. The van der Waals surface area contributed by atoms with Gasteiger partial charge in [0, 0.05) is 20.6 Å². The van der Waals surface area contributed by atoms with Crippen molar-refractivity contribution in [3.63, 3.8) is 0 Å². The summed E-state index contributed by atoms with van der Waals surface area (Å²) in [6.07, 6.45) is 2.93. The zero-order chi connectivity index (χ0) is 22.3. The number of hydrogen-bond donors (Lipinski definition) is 1. The molecule has 4 rings (SSSR count). The molecule has 3 aromatic rings. The van der Waals surface area contributed by atoms with Crippen molar-refractivity contribution >= 4 is 56.3 Å². The van der Waals surface area contributed by atoms with Gasteiger partial charge in [0.1, 0.15) is 17.2 Å². The van der Waals surface area contributed by atoms with E-state index in [4.69, 9.17) is 28.2 Å². The third-order valence-corrected chi connectivity index (χ3v) is 6.98. The second kappa shape index (κ2) is 8.90. The van der Waals surface area contributed by atoms with Gasteiger partial charge in [0.05, 0.1) is 11.9 Å². The topological polar surface area (TPSA) is 67.2 Å². The maximum absolute atomic E-state index is 13.5. The molecule has 1 aliphatic rings. The highest BCUT2D eigenvalue weighted by molar-refractivity contribution is 7.18. The fraction of sp³-hybridized carbons (Fsp3) is 0.409. The predicted octanol–water partition coefficient (Wildman–Crippen LogP) is 4.59. The summed E-state index contributed by atoms with van der Waals surface area (Å²) in [5.41, 5.74) is 1.46. The highest BCUT2D eigenvalue weighted by atomic mass is 35.5. The van der Waals surface area contributed by atoms with Crippen LogP contribution in [0.3, 0.4) is 0 Å². The lowest BCUT2D eigenvalue weighted by Crippen LogP contribution is -2.33. The van der Waals surface area contributed by atoms with Gasteiger partial charge in [-0.2, -0.15) is 0 Å². The van der Waals surface area contributed by atoms with Crippen molar-refractivity contribution in [1.29, 1.82) is 0 Å². The number of hydrogen-bond acceptors (Lipinski definition) is 5. The Labute approximate surface area is 194 Å². The lowest BCUT2D eigenvalue weighted by molar-refractivity contribution is -0.116. The Morgan fingerprint density at radius 2 is 2.00 bits per heavy atom. The zero-order valence-electron chi connectivity index (χ0n) is 17.7. The van der Waals surface area contributed by atoms with Crippen LogP contribution in [0.1, 0.15) is 29.6 Å². The van der Waals surface area contributed by atoms with Crippen molar-refractivity contribution in [1.82, 2.24) is 14.5 Å². The van der Waals surface area contributed by atoms with E-state index >= 15 is 0 Å². The summed E-state index contributed by atoms with van der Waals surface area (Å²) in [7, 11) is 3.83. The SMILES string of the molecule is CC1CCc2c(sc3nc(CN(C)C)n(CC(=O)Nc4cc(Cl)cc(Cl)c4)c(=O)c23)C1. The molecule has 9 heteroatoms. The number of amides is 1. The standard InChI is InChI=1S/C22H24Cl2N4O2S/c1-12-4-5-16-17(6-12)31-21-20(16)22(30)28(18(26-21)10-27(2)3)11-19(29)25-15-8-13(23)7-14(24)9-15/h7-9,12H,4-6,10-11H2,1-3H3,(H,25,29). The van der Waals surface area contributed by atoms with E-state index < -0.39 is 0 Å². The molecule has 0 saturated heterocycles. The van der Waals surface area contributed by atoms with Gasteiger partial charge < -0.3 is 10.2 Å². The first-order chi connectivity index (χ1) is 14.7. The van der Waals surface area contributed by atoms with Crippen LogP contribution in [0.25, 0.3) is 10.2 Å². The van der Waals surface area contributed by atoms with Crippen molar-refractivity contribution in [3.05, 3.63) is 54.9 Å². The van der Waals surface area contributed by atoms with Gasteiger partial charge >= 0.3 is 0 Å². The molecule has 1 N–H and O–H groups in total. The van der Waals surface area contributed by atoms with Crippen molar-refractivity contribution < 1.29 is 4.79 Å². The number of aromatic nitrogens is 2. The maximum Gasteiger partial charge on any atom is 0.263 e. The molecule has 0 spiro atoms. The molecule has 1 atom stereocenters. The monoisotopic (exact) mass is 478 g/mol. The lowest BCUT2D eigenvalue weighted by Gasteiger charge is -2.18. The smallest absolute Gasteiger partial charge is 0.263 e. The third kappa shape index (κ3) is 4.80. The fourth-order valence-corrected chi connectivity index (χ4v) is 5.92. The number of nitrogens with zero attached hydrogens (tertiary/aromatic N) is 3. The first-order valence-corrected chi connectivity index (χ1v) is 11.7. The summed E-state index contributed by atoms with van der Waals surface area (Å²) in [6.45, 7) is 2.57. The van der Waals surface area contributed by atoms with Gasteiger partial charge in [-0.3, -0.25) is 14.2 Å². The number of carbonyl (C=O) groups is 1. The second-order valence-corrected chi connectivity index (χ2v) is 10.4. The Morgan fingerprint density at radius 3 is 2.68 bits per heavy atom. The molecule has 0 fully saturated rings. The summed E-state index contributed by atoms with van der Waals surface area (Å²) in [4.78, 5) is 35.1. The third-order valence-electron chi connectivity index (χ3n) is 5.40. The Balaban J connectivity index is 1.73. The molecule has 2 heterocycles. The van der Waals surface area contributed by atoms with E-state index in [-0.39, 0.29) is 18.0 Å². The van der Waals surface area contributed by atoms with Gasteiger partial charge in [-0.15, -0.1) is 11.3 Å². The number of anilines is 1. The van der Waals surface area contributed by atoms with Crippen LogP contribution in [0, 0.1) is 5.92 Å². The van der Waals surface area contributed by atoms with Gasteiger partial charge in [0.25, 0.3) is 5.56 Å². The van der Waals surface area contributed by atoms with Crippen molar-refractivity contribution in [2.24, 2.45) is 5.92 Å². The molecule has 0 aliphatic heterocycles. The van der Waals surface area contributed by atoms with E-state index in [9.17, 15) is 9.59 Å². The molecular formula is C22H24Cl2N4O2S. The summed E-state index contributed by atoms with van der Waals surface area (Å²) in [6, 6.07) is 4.83. The highest BCUT2D eigenvalue weighted by Gasteiger charge is 2.25. The number of halogens is 2. The van der Waals surface area contributed by atoms with E-state index in [1.54, 1.807) is 29.5 Å². The van der Waals surface area contributed by atoms with Crippen LogP contribution in [0.5, 0.6) is 0 Å². The van der Waals surface area contributed by atoms with Crippen molar-refractivity contribution in [3.8, 4) is 0 Å². The first kappa shape index (κ1) is 22.3. The summed E-state index contributed by atoms with van der Waals surface area (Å²) >= 11 is 13.7. The quantitative estimate of drug-likeness (QED) is 0.582. The Kier molecular flexibility index (Phi) is 6.40. The summed E-state index contributed by atoms with van der Waals surface area (Å²) in [5, 5.41) is 4.31. The zero-order valence-corrected chi connectivity index (χ0v) is 20.0. The number of aryl methyl sites for hydroxylation is 1. The van der Waals surface area contributed by atoms with Gasteiger partial charge in [0.2, 0.25) is 5.91 Å². The molecule has 164 valence electrons. The summed E-state index contributed by atoms with van der Waals surface area (Å²) in [5.74, 6) is 0.854. The number of fused-ring (bicyclic) bond motifs is 3. The van der Waals surface area contributed by atoms with Crippen LogP contribution < -0.4 is 10.9 Å². The van der Waals surface area contributed by atoms with Crippen LogP contribution in [0.4, 0.5) is 5.69 Å². The molecule has 1 aromatic carbocycles. The minimum absolute atomic E-state index is 0.129. The maximum atomic E-state index is 13.5. The summed E-state index contributed by atoms with van der Waals surface area (Å²) < 4.78 is 1.49. The van der Waals surface area contributed by atoms with E-state index in [1.807, 2.05) is 19.0 Å². The Hall–Kier alpha value is -1.93. The normalized spacial score (nSPS) is 16.0. The minimum Gasteiger partial charge on any atom is -0.324 e. The van der Waals surface area contributed by atoms with E-state index in [0.29, 0.717) is 39.4 Å². The van der Waals surface area contributed by atoms with Crippen LogP contribution in [-0.2, 0) is 30.7 Å². The first-order valence-electron chi connectivity index (χ1n) is 10.2. The molecule has 0 bridgehead atoms. The second-order valence-electron chi connectivity index (χ2n) is 8.40. The Morgan fingerprint density at radius 1 is 1.29 bits per heavy atom. The van der Waals surface area contributed by atoms with Gasteiger partial charge in [-0.05, 0) is 63.0 Å². The number of thiophene rings is 1. The Bertz CT molecular complexity index is 1200. The van der Waals surface area contributed by atoms with Crippen molar-refractivity contribution in [2.75, 3.05) is 19.4 Å². The van der Waals surface area contributed by atoms with Crippen LogP contribution in [-0.4, -0.2) is 34.5 Å². The number of benzene rings is 1. The molecule has 2 aromatic heterocycles. The molecular weight excluding hydrogens is 455 g/mol. The van der Waals surface area contributed by atoms with E-state index in [0.717, 1.165) is 29.7 Å². The molecule has 0 radical (unpaired) electrons. The molecule has 0 saturated carbocycles. The molecule has 1 unspecified atom stereocenters. The number of nitrogens with one attached hydrogen (secondary N) is 1. The predicted molar refractivity (Wildman–Crippen MR) is 128 cm³/mol. The lowest BCUT2D eigenvalue weighted by atomic mass is 9.89. The van der Waals surface area contributed by atoms with Gasteiger partial charge in [-0.1, -0.05) is 30.1 Å². The highest BCUT2D eigenvalue weighted by Crippen LogP contribution is 2.36. The van der Waals surface area contributed by atoms with Gasteiger partial charge in [0.15, 0.2) is 0 Å². The molecule has 1 aliphatic carbocycles. The molecule has 31 heavy (non-hydrogen) atoms. The van der Waals surface area contributed by atoms with Crippen LogP contribution in [0.2, 0.25) is 10.0 Å². The minimum atomic E-state index is -0.334. The van der Waals surface area contributed by atoms with E-state index in [1.165, 1.54) is 9.44 Å². The largest absolute Gasteiger partial charge is 0.324 e. The molecule has 6 nitrogen and oxygen atoms in total. The van der Waals surface area contributed by atoms with Crippen molar-refractivity contribution in [2.45, 2.75) is 39.3 Å². The fourth-order valence-electron chi connectivity index (χ4n) is 4.00. The van der Waals surface area contributed by atoms with Crippen LogP contribution >= 0.6 is 34.5 Å².